The summed E-state index contributed by atoms with van der Waals surface area (Å²) in [6, 6.07) is 12.1. The standard InChI is InChI=1S/C9H7N.Pt/c1-2-6-9-8(4-1)5-3-7-10-9;/h1-7H;. The van der Waals surface area contributed by atoms with Crippen LogP contribution in [0.3, 0.4) is 0 Å². The van der Waals surface area contributed by atoms with E-state index in [1.54, 1.807) is 0 Å². The van der Waals surface area contributed by atoms with Crippen molar-refractivity contribution in [1.29, 1.82) is 0 Å². The van der Waals surface area contributed by atoms with E-state index in [-0.39, 0.29) is 21.1 Å². The second-order valence-electron chi connectivity index (χ2n) is 2.20. The van der Waals surface area contributed by atoms with Gasteiger partial charge in [0.05, 0.1) is 5.52 Å². The van der Waals surface area contributed by atoms with E-state index in [2.05, 4.69) is 17.1 Å². The fourth-order valence-electron chi connectivity index (χ4n) is 1.02. The van der Waals surface area contributed by atoms with Crippen LogP contribution in [0.4, 0.5) is 0 Å². The molecule has 0 saturated carbocycles. The second kappa shape index (κ2) is 3.64. The van der Waals surface area contributed by atoms with Crippen molar-refractivity contribution in [1.82, 2.24) is 4.98 Å². The molecule has 0 radical (unpaired) electrons. The molecule has 0 unspecified atom stereocenters. The minimum atomic E-state index is 0. The van der Waals surface area contributed by atoms with Crippen LogP contribution in [0.15, 0.2) is 42.6 Å². The van der Waals surface area contributed by atoms with Gasteiger partial charge in [-0.05, 0) is 12.1 Å². The molecule has 11 heavy (non-hydrogen) atoms. The summed E-state index contributed by atoms with van der Waals surface area (Å²) in [6.45, 7) is 0. The zero-order valence-corrected chi connectivity index (χ0v) is 8.08. The van der Waals surface area contributed by atoms with Crippen molar-refractivity contribution in [3.63, 3.8) is 0 Å². The van der Waals surface area contributed by atoms with E-state index >= 15 is 0 Å². The summed E-state index contributed by atoms with van der Waals surface area (Å²) < 4.78 is 0. The number of benzene rings is 1. The molecule has 1 aromatic heterocycles. The number of hydrogen-bond acceptors (Lipinski definition) is 1. The van der Waals surface area contributed by atoms with Gasteiger partial charge in [-0.1, -0.05) is 24.3 Å². The normalized spacial score (nSPS) is 9.09. The molecule has 0 saturated heterocycles. The van der Waals surface area contributed by atoms with Gasteiger partial charge in [0.25, 0.3) is 0 Å². The Balaban J connectivity index is 0.000000605. The molecule has 2 rings (SSSR count). The van der Waals surface area contributed by atoms with Crippen LogP contribution in [0.25, 0.3) is 10.9 Å². The van der Waals surface area contributed by atoms with Gasteiger partial charge in [-0.25, -0.2) is 0 Å². The Labute approximate surface area is 79.7 Å². The number of aromatic nitrogens is 1. The van der Waals surface area contributed by atoms with Crippen LogP contribution in [0, 0.1) is 0 Å². The molecule has 0 atom stereocenters. The average Bonchev–Trinajstić information content (AvgIpc) is 2.05. The third-order valence-corrected chi connectivity index (χ3v) is 1.51. The van der Waals surface area contributed by atoms with Crippen LogP contribution in [0.2, 0.25) is 0 Å². The van der Waals surface area contributed by atoms with Crippen LogP contribution >= 0.6 is 0 Å². The molecule has 0 fully saturated rings. The van der Waals surface area contributed by atoms with E-state index < -0.39 is 0 Å². The molecule has 58 valence electrons. The van der Waals surface area contributed by atoms with E-state index in [0.29, 0.717) is 0 Å². The van der Waals surface area contributed by atoms with Gasteiger partial charge in [0.2, 0.25) is 0 Å². The third-order valence-electron chi connectivity index (χ3n) is 1.51. The monoisotopic (exact) mass is 324 g/mol. The summed E-state index contributed by atoms with van der Waals surface area (Å²) >= 11 is 0. The van der Waals surface area contributed by atoms with Gasteiger partial charge in [0.15, 0.2) is 0 Å². The SMILES string of the molecule is [Pt].c1ccc2ncccc2c1. The number of hydrogen-bond donors (Lipinski definition) is 0. The van der Waals surface area contributed by atoms with Gasteiger partial charge in [-0.3, -0.25) is 4.98 Å². The Morgan fingerprint density at radius 2 is 1.64 bits per heavy atom. The summed E-state index contributed by atoms with van der Waals surface area (Å²) in [5.74, 6) is 0. The van der Waals surface area contributed by atoms with E-state index in [1.807, 2.05) is 30.5 Å². The van der Waals surface area contributed by atoms with E-state index in [4.69, 9.17) is 0 Å². The predicted octanol–water partition coefficient (Wildman–Crippen LogP) is 2.23. The predicted molar refractivity (Wildman–Crippen MR) is 41.7 cm³/mol. The first-order valence-corrected chi connectivity index (χ1v) is 3.26. The topological polar surface area (TPSA) is 12.9 Å². The van der Waals surface area contributed by atoms with Gasteiger partial charge < -0.3 is 0 Å². The molecular formula is C9H7NPt. The van der Waals surface area contributed by atoms with Crippen molar-refractivity contribution < 1.29 is 21.1 Å². The van der Waals surface area contributed by atoms with Crippen molar-refractivity contribution in [2.75, 3.05) is 0 Å². The maximum absolute atomic E-state index is 4.18. The molecule has 1 heterocycles. The molecule has 0 bridgehead atoms. The molecule has 0 aliphatic rings. The molecule has 2 aromatic rings. The smallest absolute Gasteiger partial charge is 0.0701 e. The van der Waals surface area contributed by atoms with Crippen molar-refractivity contribution in [3.05, 3.63) is 42.6 Å². The van der Waals surface area contributed by atoms with Crippen molar-refractivity contribution in [2.24, 2.45) is 0 Å². The summed E-state index contributed by atoms with van der Waals surface area (Å²) in [7, 11) is 0. The van der Waals surface area contributed by atoms with Gasteiger partial charge in [0, 0.05) is 32.6 Å². The number of fused-ring (bicyclic) bond motifs is 1. The van der Waals surface area contributed by atoms with E-state index in [9.17, 15) is 0 Å². The van der Waals surface area contributed by atoms with Crippen molar-refractivity contribution in [3.8, 4) is 0 Å². The van der Waals surface area contributed by atoms with Crippen LogP contribution in [0.5, 0.6) is 0 Å². The first-order chi connectivity index (χ1) is 4.97. The zero-order chi connectivity index (χ0) is 6.81. The summed E-state index contributed by atoms with van der Waals surface area (Å²) in [5.41, 5.74) is 1.06. The van der Waals surface area contributed by atoms with Gasteiger partial charge >= 0.3 is 0 Å². The fourth-order valence-corrected chi connectivity index (χ4v) is 1.02. The van der Waals surface area contributed by atoms with E-state index in [1.165, 1.54) is 5.39 Å². The fraction of sp³-hybridized carbons (Fsp3) is 0. The molecule has 0 N–H and O–H groups in total. The zero-order valence-electron chi connectivity index (χ0n) is 5.80. The Hall–Kier alpha value is -0.682. The summed E-state index contributed by atoms with van der Waals surface area (Å²) in [6.07, 6.45) is 1.81. The molecule has 1 aromatic carbocycles. The summed E-state index contributed by atoms with van der Waals surface area (Å²) in [5, 5.41) is 1.20. The minimum absolute atomic E-state index is 0. The maximum Gasteiger partial charge on any atom is 0.0701 e. The average molecular weight is 324 g/mol. The largest absolute Gasteiger partial charge is 0.256 e. The molecule has 0 amide bonds. The second-order valence-corrected chi connectivity index (χ2v) is 2.20. The molecule has 2 heteroatoms. The van der Waals surface area contributed by atoms with Crippen LogP contribution in [-0.4, -0.2) is 4.98 Å². The van der Waals surface area contributed by atoms with E-state index in [0.717, 1.165) is 5.52 Å². The van der Waals surface area contributed by atoms with Crippen LogP contribution in [0.1, 0.15) is 0 Å². The van der Waals surface area contributed by atoms with Crippen LogP contribution < -0.4 is 0 Å². The van der Waals surface area contributed by atoms with Crippen molar-refractivity contribution >= 4 is 10.9 Å². The molecule has 1 nitrogen and oxygen atoms in total. The maximum atomic E-state index is 4.18. The van der Waals surface area contributed by atoms with Crippen molar-refractivity contribution in [2.45, 2.75) is 0 Å². The first kappa shape index (κ1) is 8.42. The minimum Gasteiger partial charge on any atom is -0.256 e. The van der Waals surface area contributed by atoms with Gasteiger partial charge in [-0.15, -0.1) is 0 Å². The quantitative estimate of drug-likeness (QED) is 0.724. The summed E-state index contributed by atoms with van der Waals surface area (Å²) in [4.78, 5) is 4.18. The third kappa shape index (κ3) is 1.66. The number of rotatable bonds is 0. The molecule has 0 spiro atoms. The first-order valence-electron chi connectivity index (χ1n) is 3.26. The molecule has 0 aliphatic heterocycles. The van der Waals surface area contributed by atoms with Crippen LogP contribution in [-0.2, 0) is 21.1 Å². The molecular weight excluding hydrogens is 317 g/mol. The Bertz CT molecular complexity index is 281. The Morgan fingerprint density at radius 3 is 2.45 bits per heavy atom. The van der Waals surface area contributed by atoms with Gasteiger partial charge in [0.1, 0.15) is 0 Å². The Morgan fingerprint density at radius 1 is 0.909 bits per heavy atom. The number of pyridine rings is 1. The number of nitrogens with zero attached hydrogens (tertiary/aromatic N) is 1. The van der Waals surface area contributed by atoms with Gasteiger partial charge in [-0.2, -0.15) is 0 Å². The number of para-hydroxylation sites is 1. The molecule has 0 aliphatic carbocycles. The Kier molecular flexibility index (Phi) is 2.78.